The SMILES string of the molecule is O=C1C2CC(O)C(F)CC2C(=O)N1CCCN1CCN(c2cc(F)ccc2OC2CCCC2)CC1. The Morgan fingerprint density at radius 1 is 0.971 bits per heavy atom. The number of aliphatic hydroxyl groups is 1. The van der Waals surface area contributed by atoms with Gasteiger partial charge in [0.15, 0.2) is 0 Å². The standard InChI is InChI=1S/C26H35F2N3O4/c27-17-6-7-24(35-18-4-1-2-5-18)22(14-17)30-12-10-29(11-13-30)8-3-9-31-25(33)19-15-21(28)23(32)16-20(19)26(31)34/h6-7,14,18-21,23,32H,1-5,8-13,15-16H2. The van der Waals surface area contributed by atoms with Crippen LogP contribution in [0.1, 0.15) is 44.9 Å². The Kier molecular flexibility index (Phi) is 7.25. The summed E-state index contributed by atoms with van der Waals surface area (Å²) in [6.45, 7) is 4.13. The van der Waals surface area contributed by atoms with E-state index >= 15 is 0 Å². The number of likely N-dealkylation sites (tertiary alicyclic amines) is 1. The van der Waals surface area contributed by atoms with E-state index in [1.165, 1.54) is 23.8 Å². The van der Waals surface area contributed by atoms with E-state index < -0.39 is 24.1 Å². The normalized spacial score (nSPS) is 30.3. The van der Waals surface area contributed by atoms with Crippen LogP contribution in [-0.4, -0.2) is 84.4 Å². The monoisotopic (exact) mass is 491 g/mol. The predicted octanol–water partition coefficient (Wildman–Crippen LogP) is 2.75. The van der Waals surface area contributed by atoms with Gasteiger partial charge in [-0.3, -0.25) is 19.4 Å². The van der Waals surface area contributed by atoms with Gasteiger partial charge in [-0.25, -0.2) is 8.78 Å². The first-order chi connectivity index (χ1) is 16.9. The van der Waals surface area contributed by atoms with E-state index in [-0.39, 0.29) is 36.6 Å². The lowest BCUT2D eigenvalue weighted by Crippen LogP contribution is -2.47. The van der Waals surface area contributed by atoms with Crippen LogP contribution in [0.15, 0.2) is 18.2 Å². The fourth-order valence-electron chi connectivity index (χ4n) is 6.10. The van der Waals surface area contributed by atoms with Crippen LogP contribution in [0.2, 0.25) is 0 Å². The molecule has 7 nitrogen and oxygen atoms in total. The van der Waals surface area contributed by atoms with Gasteiger partial charge < -0.3 is 14.7 Å². The van der Waals surface area contributed by atoms with Crippen LogP contribution in [0.4, 0.5) is 14.5 Å². The number of ether oxygens (including phenoxy) is 1. The Morgan fingerprint density at radius 2 is 1.66 bits per heavy atom. The fourth-order valence-corrected chi connectivity index (χ4v) is 6.10. The number of piperazine rings is 1. The van der Waals surface area contributed by atoms with Crippen molar-refractivity contribution in [3.05, 3.63) is 24.0 Å². The molecule has 2 heterocycles. The summed E-state index contributed by atoms with van der Waals surface area (Å²) in [5.41, 5.74) is 0.806. The minimum absolute atomic E-state index is 0.0292. The van der Waals surface area contributed by atoms with Gasteiger partial charge in [-0.1, -0.05) is 0 Å². The topological polar surface area (TPSA) is 73.3 Å². The number of halogens is 2. The molecule has 0 aromatic heterocycles. The molecule has 2 amide bonds. The number of benzene rings is 1. The van der Waals surface area contributed by atoms with Gasteiger partial charge in [-0.2, -0.15) is 0 Å². The summed E-state index contributed by atoms with van der Waals surface area (Å²) in [6, 6.07) is 4.75. The zero-order valence-corrected chi connectivity index (χ0v) is 20.1. The Labute approximate surface area is 205 Å². The lowest BCUT2D eigenvalue weighted by molar-refractivity contribution is -0.140. The second-order valence-electron chi connectivity index (χ2n) is 10.4. The van der Waals surface area contributed by atoms with E-state index in [1.807, 2.05) is 0 Å². The largest absolute Gasteiger partial charge is 0.488 e. The third-order valence-corrected chi connectivity index (χ3v) is 8.13. The van der Waals surface area contributed by atoms with Crippen molar-refractivity contribution in [3.8, 4) is 5.75 Å². The van der Waals surface area contributed by atoms with Gasteiger partial charge in [-0.15, -0.1) is 0 Å². The molecule has 2 saturated carbocycles. The second-order valence-corrected chi connectivity index (χ2v) is 10.4. The van der Waals surface area contributed by atoms with Crippen molar-refractivity contribution in [1.82, 2.24) is 9.80 Å². The molecule has 9 heteroatoms. The van der Waals surface area contributed by atoms with Gasteiger partial charge in [0.25, 0.3) is 0 Å². The molecule has 0 bridgehead atoms. The van der Waals surface area contributed by atoms with Crippen molar-refractivity contribution in [2.75, 3.05) is 44.2 Å². The van der Waals surface area contributed by atoms with Crippen molar-refractivity contribution in [2.24, 2.45) is 11.8 Å². The molecule has 0 radical (unpaired) electrons. The maximum Gasteiger partial charge on any atom is 0.233 e. The first-order valence-corrected chi connectivity index (χ1v) is 13.0. The van der Waals surface area contributed by atoms with E-state index in [4.69, 9.17) is 4.74 Å². The fraction of sp³-hybridized carbons (Fsp3) is 0.692. The number of imide groups is 1. The first kappa shape index (κ1) is 24.4. The van der Waals surface area contributed by atoms with Crippen molar-refractivity contribution in [1.29, 1.82) is 0 Å². The highest BCUT2D eigenvalue weighted by Crippen LogP contribution is 2.39. The lowest BCUT2D eigenvalue weighted by Gasteiger charge is -2.37. The average Bonchev–Trinajstić information content (AvgIpc) is 3.44. The molecule has 192 valence electrons. The molecule has 4 aliphatic rings. The quantitative estimate of drug-likeness (QED) is 0.592. The Bertz CT molecular complexity index is 905. The number of hydrogen-bond acceptors (Lipinski definition) is 6. The van der Waals surface area contributed by atoms with Crippen LogP contribution in [0, 0.1) is 17.7 Å². The van der Waals surface area contributed by atoms with Crippen LogP contribution in [0.3, 0.4) is 0 Å². The number of anilines is 1. The summed E-state index contributed by atoms with van der Waals surface area (Å²) in [5, 5.41) is 9.77. The van der Waals surface area contributed by atoms with Gasteiger partial charge in [-0.05, 0) is 63.6 Å². The predicted molar refractivity (Wildman–Crippen MR) is 126 cm³/mol. The smallest absolute Gasteiger partial charge is 0.233 e. The molecule has 2 aliphatic heterocycles. The number of carbonyl (C=O) groups excluding carboxylic acids is 2. The number of hydrogen-bond donors (Lipinski definition) is 1. The number of rotatable bonds is 7. The van der Waals surface area contributed by atoms with E-state index in [0.29, 0.717) is 13.0 Å². The van der Waals surface area contributed by atoms with E-state index in [9.17, 15) is 23.5 Å². The molecule has 5 rings (SSSR count). The number of fused-ring (bicyclic) bond motifs is 1. The summed E-state index contributed by atoms with van der Waals surface area (Å²) < 4.78 is 34.1. The highest BCUT2D eigenvalue weighted by Gasteiger charge is 2.52. The van der Waals surface area contributed by atoms with Crippen molar-refractivity contribution >= 4 is 17.5 Å². The molecule has 1 aromatic rings. The van der Waals surface area contributed by atoms with Gasteiger partial charge in [0, 0.05) is 38.8 Å². The minimum Gasteiger partial charge on any atom is -0.488 e. The van der Waals surface area contributed by atoms with Crippen LogP contribution >= 0.6 is 0 Å². The number of alkyl halides is 1. The van der Waals surface area contributed by atoms with Gasteiger partial charge in [0.05, 0.1) is 29.7 Å². The maximum atomic E-state index is 14.0. The summed E-state index contributed by atoms with van der Waals surface area (Å²) in [7, 11) is 0. The number of nitrogens with zero attached hydrogens (tertiary/aromatic N) is 3. The molecular formula is C26H35F2N3O4. The molecule has 35 heavy (non-hydrogen) atoms. The molecule has 2 saturated heterocycles. The molecule has 1 aromatic carbocycles. The van der Waals surface area contributed by atoms with E-state index in [0.717, 1.165) is 57.0 Å². The Balaban J connectivity index is 1.11. The lowest BCUT2D eigenvalue weighted by atomic mass is 9.78. The van der Waals surface area contributed by atoms with Crippen LogP contribution in [0.5, 0.6) is 5.75 Å². The first-order valence-electron chi connectivity index (χ1n) is 13.0. The van der Waals surface area contributed by atoms with Gasteiger partial charge >= 0.3 is 0 Å². The van der Waals surface area contributed by atoms with Crippen molar-refractivity contribution < 1.29 is 28.2 Å². The molecule has 2 aliphatic carbocycles. The molecule has 1 N–H and O–H groups in total. The number of amides is 2. The second kappa shape index (κ2) is 10.4. The molecule has 4 unspecified atom stereocenters. The van der Waals surface area contributed by atoms with Crippen LogP contribution < -0.4 is 9.64 Å². The number of aliphatic hydroxyl groups excluding tert-OH is 1. The van der Waals surface area contributed by atoms with E-state index in [1.54, 1.807) is 12.1 Å². The molecule has 4 fully saturated rings. The van der Waals surface area contributed by atoms with E-state index in [2.05, 4.69) is 9.80 Å². The molecule has 4 atom stereocenters. The number of carbonyl (C=O) groups is 2. The zero-order chi connectivity index (χ0) is 24.5. The van der Waals surface area contributed by atoms with Crippen LogP contribution in [0.25, 0.3) is 0 Å². The summed E-state index contributed by atoms with van der Waals surface area (Å²) in [5.74, 6) is -1.29. The average molecular weight is 492 g/mol. The summed E-state index contributed by atoms with van der Waals surface area (Å²) in [6.07, 6.45) is 2.66. The summed E-state index contributed by atoms with van der Waals surface area (Å²) >= 11 is 0. The Morgan fingerprint density at radius 3 is 2.37 bits per heavy atom. The zero-order valence-electron chi connectivity index (χ0n) is 20.1. The van der Waals surface area contributed by atoms with Gasteiger partial charge in [0.1, 0.15) is 17.7 Å². The summed E-state index contributed by atoms with van der Waals surface area (Å²) in [4.78, 5) is 31.1. The van der Waals surface area contributed by atoms with Crippen molar-refractivity contribution in [2.45, 2.75) is 63.3 Å². The van der Waals surface area contributed by atoms with Crippen LogP contribution in [-0.2, 0) is 9.59 Å². The van der Waals surface area contributed by atoms with Crippen molar-refractivity contribution in [3.63, 3.8) is 0 Å². The highest BCUT2D eigenvalue weighted by atomic mass is 19.1. The third-order valence-electron chi connectivity index (χ3n) is 8.13. The third kappa shape index (κ3) is 5.16. The minimum atomic E-state index is -1.44. The molecular weight excluding hydrogens is 456 g/mol. The Hall–Kier alpha value is -2.26. The maximum absolute atomic E-state index is 14.0. The molecule has 0 spiro atoms. The van der Waals surface area contributed by atoms with Gasteiger partial charge in [0.2, 0.25) is 11.8 Å². The highest BCUT2D eigenvalue weighted by molar-refractivity contribution is 6.05.